The molecule has 0 heterocycles. The molecule has 1 aliphatic carbocycles. The summed E-state index contributed by atoms with van der Waals surface area (Å²) in [6.45, 7) is 1.78. The second kappa shape index (κ2) is 11.1. The molecule has 2 aromatic rings. The fourth-order valence-corrected chi connectivity index (χ4v) is 4.50. The van der Waals surface area contributed by atoms with Crippen molar-refractivity contribution < 1.29 is 19.4 Å². The minimum Gasteiger partial charge on any atom is -0.469 e. The van der Waals surface area contributed by atoms with E-state index >= 15 is 0 Å². The molecule has 164 valence electrons. The van der Waals surface area contributed by atoms with Crippen molar-refractivity contribution in [3.63, 3.8) is 0 Å². The van der Waals surface area contributed by atoms with Crippen LogP contribution in [0.2, 0.25) is 0 Å². The maximum Gasteiger partial charge on any atom is 0.305 e. The summed E-state index contributed by atoms with van der Waals surface area (Å²) in [7, 11) is 1.41. The number of esters is 1. The van der Waals surface area contributed by atoms with Crippen molar-refractivity contribution in [2.45, 2.75) is 51.6 Å². The first kappa shape index (κ1) is 23.0. The molecule has 0 bridgehead atoms. The van der Waals surface area contributed by atoms with Gasteiger partial charge in [0.2, 0.25) is 0 Å². The van der Waals surface area contributed by atoms with Crippen LogP contribution >= 0.6 is 0 Å². The van der Waals surface area contributed by atoms with E-state index in [1.54, 1.807) is 6.92 Å². The lowest BCUT2D eigenvalue weighted by atomic mass is 9.84. The second-order valence-corrected chi connectivity index (χ2v) is 8.34. The van der Waals surface area contributed by atoms with E-state index in [4.69, 9.17) is 4.74 Å². The summed E-state index contributed by atoms with van der Waals surface area (Å²) in [6, 6.07) is 18.1. The number of hydrogen-bond acceptors (Lipinski definition) is 4. The number of aliphatic hydroxyl groups excluding tert-OH is 1. The van der Waals surface area contributed by atoms with Gasteiger partial charge >= 0.3 is 5.97 Å². The van der Waals surface area contributed by atoms with E-state index in [-0.39, 0.29) is 17.8 Å². The van der Waals surface area contributed by atoms with Gasteiger partial charge in [0.05, 0.1) is 13.2 Å². The van der Waals surface area contributed by atoms with Crippen LogP contribution in [0.1, 0.15) is 49.3 Å². The Morgan fingerprint density at radius 1 is 1.13 bits per heavy atom. The summed E-state index contributed by atoms with van der Waals surface area (Å²) in [4.78, 5) is 24.2. The van der Waals surface area contributed by atoms with Gasteiger partial charge in [-0.3, -0.25) is 9.59 Å². The molecule has 0 aliphatic heterocycles. The summed E-state index contributed by atoms with van der Waals surface area (Å²) in [5.74, 6) is 0.128. The third-order valence-electron chi connectivity index (χ3n) is 6.22. The van der Waals surface area contributed by atoms with E-state index in [0.29, 0.717) is 25.0 Å². The molecular weight excluding hydrogens is 388 g/mol. The lowest BCUT2D eigenvalue weighted by molar-refractivity contribution is -0.140. The van der Waals surface area contributed by atoms with Crippen molar-refractivity contribution in [3.8, 4) is 0 Å². The highest BCUT2D eigenvalue weighted by molar-refractivity contribution is 5.84. The van der Waals surface area contributed by atoms with E-state index in [1.165, 1.54) is 18.2 Å². The Morgan fingerprint density at radius 2 is 1.81 bits per heavy atom. The minimum atomic E-state index is -0.593. The van der Waals surface area contributed by atoms with Gasteiger partial charge in [0.1, 0.15) is 5.78 Å². The van der Waals surface area contributed by atoms with Crippen LogP contribution in [0, 0.1) is 11.8 Å². The molecule has 0 radical (unpaired) electrons. The van der Waals surface area contributed by atoms with E-state index in [0.717, 1.165) is 30.4 Å². The van der Waals surface area contributed by atoms with Gasteiger partial charge in [-0.05, 0) is 60.8 Å². The Kier molecular flexibility index (Phi) is 8.19. The number of aliphatic hydroxyl groups is 1. The Hall–Kier alpha value is -2.72. The van der Waals surface area contributed by atoms with Gasteiger partial charge in [0.15, 0.2) is 0 Å². The van der Waals surface area contributed by atoms with Gasteiger partial charge in [0.25, 0.3) is 0 Å². The maximum atomic E-state index is 12.8. The van der Waals surface area contributed by atoms with E-state index in [9.17, 15) is 14.7 Å². The molecule has 3 atom stereocenters. The first-order chi connectivity index (χ1) is 15.0. The first-order valence-corrected chi connectivity index (χ1v) is 11.1. The van der Waals surface area contributed by atoms with Crippen LogP contribution in [0.15, 0.2) is 60.7 Å². The molecule has 0 spiro atoms. The van der Waals surface area contributed by atoms with Crippen LogP contribution in [0.3, 0.4) is 0 Å². The third-order valence-corrected chi connectivity index (χ3v) is 6.22. The van der Waals surface area contributed by atoms with E-state index in [1.807, 2.05) is 42.5 Å². The zero-order chi connectivity index (χ0) is 22.2. The van der Waals surface area contributed by atoms with Gasteiger partial charge in [0, 0.05) is 18.8 Å². The molecule has 0 amide bonds. The number of hydrogen-bond donors (Lipinski definition) is 1. The van der Waals surface area contributed by atoms with Crippen molar-refractivity contribution in [1.29, 1.82) is 0 Å². The van der Waals surface area contributed by atoms with Crippen molar-refractivity contribution in [1.82, 2.24) is 0 Å². The number of benzene rings is 2. The average Bonchev–Trinajstić information content (AvgIpc) is 3.12. The van der Waals surface area contributed by atoms with E-state index in [2.05, 4.69) is 18.2 Å². The highest BCUT2D eigenvalue weighted by Gasteiger charge is 2.34. The lowest BCUT2D eigenvalue weighted by Crippen LogP contribution is -2.18. The molecule has 4 nitrogen and oxygen atoms in total. The van der Waals surface area contributed by atoms with Gasteiger partial charge in [-0.2, -0.15) is 0 Å². The molecule has 4 heteroatoms. The summed E-state index contributed by atoms with van der Waals surface area (Å²) in [5, 5.41) is 10.4. The molecule has 1 aliphatic rings. The number of carbonyl (C=O) groups is 2. The molecule has 0 aromatic heterocycles. The number of Topliss-reactive ketones (excluding diaryl/α,β-unsaturated/α-hetero) is 1. The number of rotatable bonds is 9. The molecule has 1 fully saturated rings. The fraction of sp³-hybridized carbons (Fsp3) is 0.407. The molecule has 0 unspecified atom stereocenters. The predicted molar refractivity (Wildman–Crippen MR) is 122 cm³/mol. The molecular formula is C27H32O4. The number of methoxy groups -OCH3 is 1. The molecule has 0 saturated heterocycles. The second-order valence-electron chi connectivity index (χ2n) is 8.34. The smallest absolute Gasteiger partial charge is 0.305 e. The Labute approximate surface area is 184 Å². The van der Waals surface area contributed by atoms with Crippen LogP contribution in [0.4, 0.5) is 0 Å². The van der Waals surface area contributed by atoms with Gasteiger partial charge < -0.3 is 9.84 Å². The highest BCUT2D eigenvalue weighted by atomic mass is 16.5. The van der Waals surface area contributed by atoms with Crippen molar-refractivity contribution in [3.05, 3.63) is 77.4 Å². The molecule has 1 N–H and O–H groups in total. The Bertz CT molecular complexity index is 914. The zero-order valence-electron chi connectivity index (χ0n) is 18.4. The Balaban J connectivity index is 1.79. The standard InChI is InChI=1S/C27H32O4/c1-19(28)24(21-10-4-3-5-11-21)18-23-15-16-26(29)25(23)17-22-12-7-6-9-20(22)13-8-14-27(30)31-2/h3-7,9-12,18-19,23,25,28H,8,13-17H2,1-2H3/b24-18-/t19-,23+,25+/m1/s1. The average molecular weight is 421 g/mol. The summed E-state index contributed by atoms with van der Waals surface area (Å²) in [6.07, 6.45) is 5.53. The molecule has 2 aromatic carbocycles. The van der Waals surface area contributed by atoms with Crippen molar-refractivity contribution in [2.75, 3.05) is 7.11 Å². The number of aryl methyl sites for hydroxylation is 1. The normalized spacial score (nSPS) is 20.0. The van der Waals surface area contributed by atoms with Crippen molar-refractivity contribution >= 4 is 17.3 Å². The summed E-state index contributed by atoms with van der Waals surface area (Å²) < 4.78 is 4.74. The largest absolute Gasteiger partial charge is 0.469 e. The number of ether oxygens (including phenoxy) is 1. The number of ketones is 1. The van der Waals surface area contributed by atoms with Gasteiger partial charge in [-0.1, -0.05) is 60.7 Å². The number of allylic oxidation sites excluding steroid dienone is 1. The number of carbonyl (C=O) groups excluding carboxylic acids is 2. The van der Waals surface area contributed by atoms with Crippen LogP contribution in [0.5, 0.6) is 0 Å². The SMILES string of the molecule is COC(=O)CCCc1ccccc1C[C@@H]1C(=O)CC[C@H]1/C=C(\c1ccccc1)[C@@H](C)O. The Morgan fingerprint density at radius 3 is 2.48 bits per heavy atom. The van der Waals surface area contributed by atoms with Crippen LogP contribution in [0.25, 0.3) is 5.57 Å². The molecule has 31 heavy (non-hydrogen) atoms. The molecule has 1 saturated carbocycles. The van der Waals surface area contributed by atoms with Gasteiger partial charge in [-0.25, -0.2) is 0 Å². The van der Waals surface area contributed by atoms with Gasteiger partial charge in [-0.15, -0.1) is 0 Å². The predicted octanol–water partition coefficient (Wildman–Crippen LogP) is 4.78. The third kappa shape index (κ3) is 6.14. The topological polar surface area (TPSA) is 63.6 Å². The molecule has 3 rings (SSSR count). The fourth-order valence-electron chi connectivity index (χ4n) is 4.50. The van der Waals surface area contributed by atoms with Crippen LogP contribution in [-0.4, -0.2) is 30.1 Å². The quantitative estimate of drug-likeness (QED) is 0.593. The summed E-state index contributed by atoms with van der Waals surface area (Å²) in [5.41, 5.74) is 4.24. The maximum absolute atomic E-state index is 12.8. The highest BCUT2D eigenvalue weighted by Crippen LogP contribution is 2.36. The van der Waals surface area contributed by atoms with E-state index < -0.39 is 6.10 Å². The first-order valence-electron chi connectivity index (χ1n) is 11.1. The van der Waals surface area contributed by atoms with Crippen LogP contribution in [-0.2, 0) is 27.2 Å². The zero-order valence-corrected chi connectivity index (χ0v) is 18.4. The van der Waals surface area contributed by atoms with Crippen molar-refractivity contribution in [2.24, 2.45) is 11.8 Å². The summed E-state index contributed by atoms with van der Waals surface area (Å²) >= 11 is 0. The van der Waals surface area contributed by atoms with Crippen LogP contribution < -0.4 is 0 Å². The monoisotopic (exact) mass is 420 g/mol. The lowest BCUT2D eigenvalue weighted by Gasteiger charge is -2.20. The minimum absolute atomic E-state index is 0.0841.